The summed E-state index contributed by atoms with van der Waals surface area (Å²) in [5, 5.41) is 12.3. The van der Waals surface area contributed by atoms with Crippen LogP contribution in [0.4, 0.5) is 0 Å². The predicted molar refractivity (Wildman–Crippen MR) is 78.7 cm³/mol. The molecule has 0 saturated carbocycles. The first-order chi connectivity index (χ1) is 10.3. The highest BCUT2D eigenvalue weighted by atomic mass is 16.2. The van der Waals surface area contributed by atoms with Gasteiger partial charge in [0.15, 0.2) is 0 Å². The third-order valence-electron chi connectivity index (χ3n) is 4.48. The first kappa shape index (κ1) is 14.0. The van der Waals surface area contributed by atoms with Crippen LogP contribution in [0.5, 0.6) is 0 Å². The summed E-state index contributed by atoms with van der Waals surface area (Å²) >= 11 is 0. The molecule has 5 nitrogen and oxygen atoms in total. The Kier molecular flexibility index (Phi) is 4.16. The Labute approximate surface area is 125 Å². The number of pyridine rings is 1. The Morgan fingerprint density at radius 1 is 1.33 bits per heavy atom. The van der Waals surface area contributed by atoms with Gasteiger partial charge in [0.2, 0.25) is 0 Å². The standard InChI is InChI=1S/C16H20N4O/c17-10-12-6-7-14(19-11-12)16(21)20-9-2-1-5-15(20)13-4-3-8-18-13/h6-7,11,13,15,18H,1-5,8-9H2. The average molecular weight is 284 g/mol. The zero-order valence-electron chi connectivity index (χ0n) is 12.1. The number of nitriles is 1. The lowest BCUT2D eigenvalue weighted by Gasteiger charge is -2.39. The summed E-state index contributed by atoms with van der Waals surface area (Å²) in [7, 11) is 0. The van der Waals surface area contributed by atoms with Crippen molar-refractivity contribution in [2.75, 3.05) is 13.1 Å². The number of amides is 1. The summed E-state index contributed by atoms with van der Waals surface area (Å²) < 4.78 is 0. The van der Waals surface area contributed by atoms with Gasteiger partial charge in [-0.3, -0.25) is 4.79 Å². The number of hydrogen-bond donors (Lipinski definition) is 1. The smallest absolute Gasteiger partial charge is 0.272 e. The van der Waals surface area contributed by atoms with Crippen molar-refractivity contribution >= 4 is 5.91 Å². The van der Waals surface area contributed by atoms with Gasteiger partial charge in [0.1, 0.15) is 11.8 Å². The van der Waals surface area contributed by atoms with E-state index in [1.165, 1.54) is 19.0 Å². The SMILES string of the molecule is N#Cc1ccc(C(=O)N2CCCCC2C2CCCN2)nc1. The molecular weight excluding hydrogens is 264 g/mol. The van der Waals surface area contributed by atoms with Crippen LogP contribution in [0.3, 0.4) is 0 Å². The molecule has 1 amide bonds. The van der Waals surface area contributed by atoms with Crippen LogP contribution in [0, 0.1) is 11.3 Å². The van der Waals surface area contributed by atoms with Crippen LogP contribution >= 0.6 is 0 Å². The second-order valence-electron chi connectivity index (χ2n) is 5.81. The maximum Gasteiger partial charge on any atom is 0.272 e. The minimum absolute atomic E-state index is 0.00195. The van der Waals surface area contributed by atoms with E-state index >= 15 is 0 Å². The Morgan fingerprint density at radius 3 is 2.90 bits per heavy atom. The van der Waals surface area contributed by atoms with Crippen molar-refractivity contribution in [1.82, 2.24) is 15.2 Å². The summed E-state index contributed by atoms with van der Waals surface area (Å²) in [6.07, 6.45) is 7.13. The zero-order valence-corrected chi connectivity index (χ0v) is 12.1. The molecule has 0 aromatic carbocycles. The molecule has 21 heavy (non-hydrogen) atoms. The number of piperidine rings is 1. The molecule has 1 N–H and O–H groups in total. The molecule has 0 bridgehead atoms. The second-order valence-corrected chi connectivity index (χ2v) is 5.81. The van der Waals surface area contributed by atoms with Crippen molar-refractivity contribution < 1.29 is 4.79 Å². The minimum Gasteiger partial charge on any atom is -0.333 e. The van der Waals surface area contributed by atoms with E-state index in [4.69, 9.17) is 5.26 Å². The summed E-state index contributed by atoms with van der Waals surface area (Å²) in [6.45, 7) is 1.86. The number of rotatable bonds is 2. The molecule has 2 aliphatic rings. The van der Waals surface area contributed by atoms with Crippen molar-refractivity contribution in [3.8, 4) is 6.07 Å². The van der Waals surface area contributed by atoms with Crippen molar-refractivity contribution in [2.24, 2.45) is 0 Å². The summed E-state index contributed by atoms with van der Waals surface area (Å²) in [5.74, 6) is -0.00195. The van der Waals surface area contributed by atoms with Crippen molar-refractivity contribution in [3.63, 3.8) is 0 Å². The van der Waals surface area contributed by atoms with E-state index in [1.807, 2.05) is 11.0 Å². The van der Waals surface area contributed by atoms with Gasteiger partial charge in [-0.05, 0) is 50.8 Å². The van der Waals surface area contributed by atoms with E-state index in [9.17, 15) is 4.79 Å². The zero-order chi connectivity index (χ0) is 14.7. The van der Waals surface area contributed by atoms with Crippen LogP contribution in [0.2, 0.25) is 0 Å². The maximum absolute atomic E-state index is 12.7. The van der Waals surface area contributed by atoms with E-state index in [0.29, 0.717) is 17.3 Å². The first-order valence-electron chi connectivity index (χ1n) is 7.70. The molecule has 0 radical (unpaired) electrons. The van der Waals surface area contributed by atoms with Crippen LogP contribution in [-0.2, 0) is 0 Å². The Morgan fingerprint density at radius 2 is 2.24 bits per heavy atom. The molecule has 2 fully saturated rings. The lowest BCUT2D eigenvalue weighted by molar-refractivity contribution is 0.0557. The van der Waals surface area contributed by atoms with Crippen molar-refractivity contribution in [1.29, 1.82) is 5.26 Å². The van der Waals surface area contributed by atoms with Gasteiger partial charge < -0.3 is 10.2 Å². The summed E-state index contributed by atoms with van der Waals surface area (Å²) in [5.41, 5.74) is 0.929. The van der Waals surface area contributed by atoms with Crippen molar-refractivity contribution in [3.05, 3.63) is 29.6 Å². The molecule has 0 aliphatic carbocycles. The van der Waals surface area contributed by atoms with Gasteiger partial charge in [0, 0.05) is 24.8 Å². The molecule has 1 aromatic heterocycles. The molecular formula is C16H20N4O. The average Bonchev–Trinajstić information content (AvgIpc) is 3.08. The lowest BCUT2D eigenvalue weighted by Crippen LogP contribution is -2.52. The lowest BCUT2D eigenvalue weighted by atomic mass is 9.94. The fourth-order valence-electron chi connectivity index (χ4n) is 3.40. The molecule has 2 aliphatic heterocycles. The second kappa shape index (κ2) is 6.23. The van der Waals surface area contributed by atoms with Crippen LogP contribution in [0.1, 0.15) is 48.2 Å². The number of likely N-dealkylation sites (tertiary alicyclic amines) is 1. The van der Waals surface area contributed by atoms with Crippen LogP contribution in [0.25, 0.3) is 0 Å². The third-order valence-corrected chi connectivity index (χ3v) is 4.48. The predicted octanol–water partition coefficient (Wildman–Crippen LogP) is 1.70. The van der Waals surface area contributed by atoms with Gasteiger partial charge in [-0.1, -0.05) is 0 Å². The monoisotopic (exact) mass is 284 g/mol. The first-order valence-corrected chi connectivity index (χ1v) is 7.70. The Balaban J connectivity index is 1.78. The summed E-state index contributed by atoms with van der Waals surface area (Å²) in [6, 6.07) is 6.06. The molecule has 2 saturated heterocycles. The molecule has 2 unspecified atom stereocenters. The highest BCUT2D eigenvalue weighted by Gasteiger charge is 2.34. The van der Waals surface area contributed by atoms with Crippen LogP contribution in [0.15, 0.2) is 18.3 Å². The van der Waals surface area contributed by atoms with Gasteiger partial charge in [0.05, 0.1) is 5.56 Å². The third kappa shape index (κ3) is 2.91. The topological polar surface area (TPSA) is 69.0 Å². The number of nitrogens with one attached hydrogen (secondary N) is 1. The number of carbonyl (C=O) groups is 1. The van der Waals surface area contributed by atoms with E-state index in [0.717, 1.165) is 32.4 Å². The minimum atomic E-state index is -0.00195. The van der Waals surface area contributed by atoms with Gasteiger partial charge in [-0.2, -0.15) is 5.26 Å². The number of aromatic nitrogens is 1. The molecule has 110 valence electrons. The molecule has 3 rings (SSSR count). The fraction of sp³-hybridized carbons (Fsp3) is 0.562. The Hall–Kier alpha value is -1.93. The number of nitrogens with zero attached hydrogens (tertiary/aromatic N) is 3. The van der Waals surface area contributed by atoms with E-state index in [1.54, 1.807) is 12.1 Å². The largest absolute Gasteiger partial charge is 0.333 e. The summed E-state index contributed by atoms with van der Waals surface area (Å²) in [4.78, 5) is 18.9. The molecule has 5 heteroatoms. The van der Waals surface area contributed by atoms with Crippen LogP contribution in [-0.4, -0.2) is 41.0 Å². The van der Waals surface area contributed by atoms with E-state index in [2.05, 4.69) is 10.3 Å². The van der Waals surface area contributed by atoms with E-state index in [-0.39, 0.29) is 11.9 Å². The Bertz CT molecular complexity index is 542. The van der Waals surface area contributed by atoms with Crippen molar-refractivity contribution in [2.45, 2.75) is 44.2 Å². The molecule has 0 spiro atoms. The van der Waals surface area contributed by atoms with Gasteiger partial charge >= 0.3 is 0 Å². The highest BCUT2D eigenvalue weighted by molar-refractivity contribution is 5.92. The fourth-order valence-corrected chi connectivity index (χ4v) is 3.40. The molecule has 2 atom stereocenters. The number of carbonyl (C=O) groups excluding carboxylic acids is 1. The van der Waals surface area contributed by atoms with Gasteiger partial charge in [0.25, 0.3) is 5.91 Å². The quantitative estimate of drug-likeness (QED) is 0.897. The highest BCUT2D eigenvalue weighted by Crippen LogP contribution is 2.25. The van der Waals surface area contributed by atoms with E-state index < -0.39 is 0 Å². The maximum atomic E-state index is 12.7. The molecule has 3 heterocycles. The van der Waals surface area contributed by atoms with Gasteiger partial charge in [-0.25, -0.2) is 4.98 Å². The van der Waals surface area contributed by atoms with Gasteiger partial charge in [-0.15, -0.1) is 0 Å². The number of hydrogen-bond acceptors (Lipinski definition) is 4. The molecule has 1 aromatic rings. The van der Waals surface area contributed by atoms with Crippen LogP contribution < -0.4 is 5.32 Å². The normalized spacial score (nSPS) is 25.6.